The van der Waals surface area contributed by atoms with Gasteiger partial charge < -0.3 is 10.1 Å². The van der Waals surface area contributed by atoms with Gasteiger partial charge >= 0.3 is 6.18 Å². The molecule has 0 amide bonds. The predicted molar refractivity (Wildman–Crippen MR) is 69.1 cm³/mol. The lowest BCUT2D eigenvalue weighted by molar-refractivity contribution is -0.149. The summed E-state index contributed by atoms with van der Waals surface area (Å²) < 4.78 is 41.8. The van der Waals surface area contributed by atoms with Gasteiger partial charge in [-0.05, 0) is 24.6 Å². The Hall–Kier alpha value is -1.07. The summed E-state index contributed by atoms with van der Waals surface area (Å²) in [6.45, 7) is 4.84. The van der Waals surface area contributed by atoms with E-state index < -0.39 is 12.6 Å². The standard InChI is InChI=1S/C14H20F3NO/c1-3-18-10-13(19-9-8-14(15,16)17)12-7-5-4-6-11(12)2/h4-7,13,18H,3,8-10H2,1-2H3. The summed E-state index contributed by atoms with van der Waals surface area (Å²) in [5.74, 6) is 0. The van der Waals surface area contributed by atoms with Gasteiger partial charge in [0.15, 0.2) is 0 Å². The molecule has 0 heterocycles. The highest BCUT2D eigenvalue weighted by Crippen LogP contribution is 2.24. The van der Waals surface area contributed by atoms with E-state index in [9.17, 15) is 13.2 Å². The quantitative estimate of drug-likeness (QED) is 0.820. The number of hydrogen-bond donors (Lipinski definition) is 1. The van der Waals surface area contributed by atoms with E-state index >= 15 is 0 Å². The third-order valence-electron chi connectivity index (χ3n) is 2.82. The Morgan fingerprint density at radius 1 is 1.26 bits per heavy atom. The summed E-state index contributed by atoms with van der Waals surface area (Å²) in [6.07, 6.45) is -5.43. The lowest BCUT2D eigenvalue weighted by Crippen LogP contribution is -2.25. The number of hydrogen-bond acceptors (Lipinski definition) is 2. The van der Waals surface area contributed by atoms with Crippen LogP contribution in [0.4, 0.5) is 13.2 Å². The molecule has 5 heteroatoms. The average molecular weight is 275 g/mol. The molecule has 2 nitrogen and oxygen atoms in total. The van der Waals surface area contributed by atoms with E-state index in [-0.39, 0.29) is 12.7 Å². The van der Waals surface area contributed by atoms with Crippen LogP contribution in [0.25, 0.3) is 0 Å². The van der Waals surface area contributed by atoms with Gasteiger partial charge in [-0.25, -0.2) is 0 Å². The minimum Gasteiger partial charge on any atom is -0.372 e. The fourth-order valence-corrected chi connectivity index (χ4v) is 1.80. The van der Waals surface area contributed by atoms with Crippen LogP contribution in [-0.2, 0) is 4.74 Å². The van der Waals surface area contributed by atoms with E-state index in [1.54, 1.807) is 0 Å². The first-order valence-corrected chi connectivity index (χ1v) is 6.38. The second-order valence-electron chi connectivity index (χ2n) is 4.39. The molecule has 0 saturated heterocycles. The Labute approximate surface area is 112 Å². The maximum atomic E-state index is 12.1. The summed E-state index contributed by atoms with van der Waals surface area (Å²) in [5, 5.41) is 3.12. The summed E-state index contributed by atoms with van der Waals surface area (Å²) in [4.78, 5) is 0. The number of halogens is 3. The van der Waals surface area contributed by atoms with Crippen molar-refractivity contribution >= 4 is 0 Å². The molecule has 19 heavy (non-hydrogen) atoms. The van der Waals surface area contributed by atoms with Crippen LogP contribution < -0.4 is 5.32 Å². The number of aryl methyl sites for hydroxylation is 1. The molecule has 1 unspecified atom stereocenters. The van der Waals surface area contributed by atoms with Gasteiger partial charge in [0, 0.05) is 6.54 Å². The van der Waals surface area contributed by atoms with Crippen LogP contribution in [0.1, 0.15) is 30.6 Å². The number of benzene rings is 1. The van der Waals surface area contributed by atoms with Crippen LogP contribution in [-0.4, -0.2) is 25.9 Å². The highest BCUT2D eigenvalue weighted by atomic mass is 19.4. The molecule has 0 aromatic heterocycles. The molecule has 1 aromatic carbocycles. The van der Waals surface area contributed by atoms with Gasteiger partial charge in [-0.2, -0.15) is 13.2 Å². The van der Waals surface area contributed by atoms with E-state index in [2.05, 4.69) is 5.32 Å². The normalized spacial score (nSPS) is 13.5. The van der Waals surface area contributed by atoms with Crippen molar-refractivity contribution < 1.29 is 17.9 Å². The molecule has 0 aliphatic heterocycles. The molecule has 0 bridgehead atoms. The van der Waals surface area contributed by atoms with Gasteiger partial charge in [0.25, 0.3) is 0 Å². The second-order valence-corrected chi connectivity index (χ2v) is 4.39. The number of ether oxygens (including phenoxy) is 1. The first-order valence-electron chi connectivity index (χ1n) is 6.38. The number of alkyl halides is 3. The van der Waals surface area contributed by atoms with Crippen LogP contribution in [0.2, 0.25) is 0 Å². The minimum atomic E-state index is -4.17. The van der Waals surface area contributed by atoms with Crippen LogP contribution >= 0.6 is 0 Å². The van der Waals surface area contributed by atoms with E-state index in [0.29, 0.717) is 6.54 Å². The second kappa shape index (κ2) is 7.50. The molecule has 0 saturated carbocycles. The summed E-state index contributed by atoms with van der Waals surface area (Å²) in [7, 11) is 0. The van der Waals surface area contributed by atoms with Gasteiger partial charge in [0.2, 0.25) is 0 Å². The van der Waals surface area contributed by atoms with E-state index in [4.69, 9.17) is 4.74 Å². The zero-order chi connectivity index (χ0) is 14.3. The topological polar surface area (TPSA) is 21.3 Å². The Bertz CT molecular complexity index is 379. The fourth-order valence-electron chi connectivity index (χ4n) is 1.80. The monoisotopic (exact) mass is 275 g/mol. The van der Waals surface area contributed by atoms with Crippen molar-refractivity contribution in [2.24, 2.45) is 0 Å². The summed E-state index contributed by atoms with van der Waals surface area (Å²) in [6, 6.07) is 7.60. The Balaban J connectivity index is 2.64. The number of likely N-dealkylation sites (N-methyl/N-ethyl adjacent to an activating group) is 1. The maximum absolute atomic E-state index is 12.1. The SMILES string of the molecule is CCNCC(OCCC(F)(F)F)c1ccccc1C. The fraction of sp³-hybridized carbons (Fsp3) is 0.571. The van der Waals surface area contributed by atoms with Crippen molar-refractivity contribution in [2.75, 3.05) is 19.7 Å². The van der Waals surface area contributed by atoms with Gasteiger partial charge in [-0.3, -0.25) is 0 Å². The van der Waals surface area contributed by atoms with Crippen molar-refractivity contribution in [1.82, 2.24) is 5.32 Å². The van der Waals surface area contributed by atoms with E-state index in [1.807, 2.05) is 38.1 Å². The van der Waals surface area contributed by atoms with Gasteiger partial charge in [0.05, 0.1) is 19.1 Å². The lowest BCUT2D eigenvalue weighted by Gasteiger charge is -2.21. The zero-order valence-electron chi connectivity index (χ0n) is 11.3. The predicted octanol–water partition coefficient (Wildman–Crippen LogP) is 3.61. The maximum Gasteiger partial charge on any atom is 0.391 e. The van der Waals surface area contributed by atoms with Crippen molar-refractivity contribution in [3.8, 4) is 0 Å². The Morgan fingerprint density at radius 3 is 2.53 bits per heavy atom. The van der Waals surface area contributed by atoms with Crippen molar-refractivity contribution in [1.29, 1.82) is 0 Å². The van der Waals surface area contributed by atoms with Crippen molar-refractivity contribution in [2.45, 2.75) is 32.5 Å². The third-order valence-corrected chi connectivity index (χ3v) is 2.82. The molecule has 0 aliphatic rings. The van der Waals surface area contributed by atoms with E-state index in [1.165, 1.54) is 0 Å². The summed E-state index contributed by atoms with van der Waals surface area (Å²) >= 11 is 0. The molecular weight excluding hydrogens is 255 g/mol. The smallest absolute Gasteiger partial charge is 0.372 e. The molecule has 0 fully saturated rings. The molecule has 1 aromatic rings. The lowest BCUT2D eigenvalue weighted by atomic mass is 10.0. The Morgan fingerprint density at radius 2 is 1.95 bits per heavy atom. The van der Waals surface area contributed by atoms with E-state index in [0.717, 1.165) is 17.7 Å². The number of rotatable bonds is 7. The van der Waals surface area contributed by atoms with Crippen LogP contribution in [0.3, 0.4) is 0 Å². The Kier molecular flexibility index (Phi) is 6.31. The molecule has 1 rings (SSSR count). The van der Waals surface area contributed by atoms with Crippen molar-refractivity contribution in [3.05, 3.63) is 35.4 Å². The molecule has 0 aliphatic carbocycles. The van der Waals surface area contributed by atoms with Gasteiger partial charge in [0.1, 0.15) is 0 Å². The van der Waals surface area contributed by atoms with Crippen LogP contribution in [0.5, 0.6) is 0 Å². The van der Waals surface area contributed by atoms with Crippen molar-refractivity contribution in [3.63, 3.8) is 0 Å². The average Bonchev–Trinajstić information content (AvgIpc) is 2.33. The highest BCUT2D eigenvalue weighted by Gasteiger charge is 2.27. The van der Waals surface area contributed by atoms with Crippen LogP contribution in [0, 0.1) is 6.92 Å². The molecular formula is C14H20F3NO. The van der Waals surface area contributed by atoms with Gasteiger partial charge in [-0.15, -0.1) is 0 Å². The third kappa shape index (κ3) is 6.07. The largest absolute Gasteiger partial charge is 0.391 e. The van der Waals surface area contributed by atoms with Gasteiger partial charge in [-0.1, -0.05) is 31.2 Å². The molecule has 0 radical (unpaired) electrons. The first-order chi connectivity index (χ1) is 8.94. The first kappa shape index (κ1) is 16.0. The highest BCUT2D eigenvalue weighted by molar-refractivity contribution is 5.28. The molecule has 1 N–H and O–H groups in total. The molecule has 0 spiro atoms. The van der Waals surface area contributed by atoms with Crippen LogP contribution in [0.15, 0.2) is 24.3 Å². The molecule has 108 valence electrons. The number of nitrogens with one attached hydrogen (secondary N) is 1. The minimum absolute atomic E-state index is 0.312. The zero-order valence-corrected chi connectivity index (χ0v) is 11.3. The summed E-state index contributed by atoms with van der Waals surface area (Å²) in [5.41, 5.74) is 1.96. The molecule has 1 atom stereocenters.